The SMILES string of the molecule is O=C(CCN1CCOc2ccccc2C1)NC(c1ccccc1)c1ccccc1. The van der Waals surface area contributed by atoms with Gasteiger partial charge in [-0.1, -0.05) is 78.9 Å². The number of carbonyl (C=O) groups is 1. The van der Waals surface area contributed by atoms with Gasteiger partial charge in [-0.25, -0.2) is 0 Å². The lowest BCUT2D eigenvalue weighted by Gasteiger charge is -2.22. The van der Waals surface area contributed by atoms with E-state index in [9.17, 15) is 4.79 Å². The van der Waals surface area contributed by atoms with Crippen LogP contribution >= 0.6 is 0 Å². The molecule has 0 bridgehead atoms. The summed E-state index contributed by atoms with van der Waals surface area (Å²) in [4.78, 5) is 15.1. The van der Waals surface area contributed by atoms with Crippen LogP contribution in [0.5, 0.6) is 5.75 Å². The second-order valence-corrected chi connectivity index (χ2v) is 7.30. The summed E-state index contributed by atoms with van der Waals surface area (Å²) < 4.78 is 5.82. The number of rotatable bonds is 6. The van der Waals surface area contributed by atoms with Gasteiger partial charge in [0.25, 0.3) is 0 Å². The van der Waals surface area contributed by atoms with E-state index in [0.717, 1.165) is 30.0 Å². The topological polar surface area (TPSA) is 41.6 Å². The fraction of sp³-hybridized carbons (Fsp3) is 0.240. The van der Waals surface area contributed by atoms with E-state index in [-0.39, 0.29) is 11.9 Å². The van der Waals surface area contributed by atoms with Crippen molar-refractivity contribution in [3.8, 4) is 5.75 Å². The molecular formula is C25H26N2O2. The molecule has 0 unspecified atom stereocenters. The maximum atomic E-state index is 12.8. The van der Waals surface area contributed by atoms with Crippen molar-refractivity contribution in [3.05, 3.63) is 102 Å². The standard InChI is InChI=1S/C25H26N2O2/c28-24(15-16-27-17-18-29-23-14-8-7-13-22(23)19-27)26-25(20-9-3-1-4-10-20)21-11-5-2-6-12-21/h1-14,25H,15-19H2,(H,26,28). The lowest BCUT2D eigenvalue weighted by atomic mass is 9.98. The zero-order valence-electron chi connectivity index (χ0n) is 16.5. The third-order valence-electron chi connectivity index (χ3n) is 5.26. The Bertz CT molecular complexity index is 888. The second kappa shape index (κ2) is 9.39. The van der Waals surface area contributed by atoms with Crippen LogP contribution in [0.1, 0.15) is 29.2 Å². The van der Waals surface area contributed by atoms with Gasteiger partial charge in [0.05, 0.1) is 6.04 Å². The molecule has 0 atom stereocenters. The number of para-hydroxylation sites is 1. The first kappa shape index (κ1) is 19.2. The number of amides is 1. The summed E-state index contributed by atoms with van der Waals surface area (Å²) in [7, 11) is 0. The van der Waals surface area contributed by atoms with Gasteiger partial charge >= 0.3 is 0 Å². The molecule has 0 aromatic heterocycles. The molecule has 1 amide bonds. The van der Waals surface area contributed by atoms with Gasteiger partial charge in [0.2, 0.25) is 5.91 Å². The summed E-state index contributed by atoms with van der Waals surface area (Å²) in [5.41, 5.74) is 3.35. The lowest BCUT2D eigenvalue weighted by molar-refractivity contribution is -0.122. The maximum absolute atomic E-state index is 12.8. The Morgan fingerprint density at radius 2 is 1.52 bits per heavy atom. The predicted molar refractivity (Wildman–Crippen MR) is 115 cm³/mol. The smallest absolute Gasteiger partial charge is 0.222 e. The molecule has 0 spiro atoms. The van der Waals surface area contributed by atoms with E-state index in [2.05, 4.69) is 40.5 Å². The fourth-order valence-electron chi connectivity index (χ4n) is 3.71. The van der Waals surface area contributed by atoms with Crippen molar-refractivity contribution >= 4 is 5.91 Å². The Morgan fingerprint density at radius 1 is 0.897 bits per heavy atom. The van der Waals surface area contributed by atoms with Crippen LogP contribution < -0.4 is 10.1 Å². The number of nitrogens with zero attached hydrogens (tertiary/aromatic N) is 1. The zero-order chi connectivity index (χ0) is 19.9. The molecular weight excluding hydrogens is 360 g/mol. The largest absolute Gasteiger partial charge is 0.492 e. The molecule has 4 nitrogen and oxygen atoms in total. The summed E-state index contributed by atoms with van der Waals surface area (Å²) in [6.07, 6.45) is 0.457. The molecule has 0 fully saturated rings. The van der Waals surface area contributed by atoms with E-state index in [1.165, 1.54) is 5.56 Å². The van der Waals surface area contributed by atoms with E-state index in [4.69, 9.17) is 4.74 Å². The maximum Gasteiger partial charge on any atom is 0.222 e. The van der Waals surface area contributed by atoms with Crippen LogP contribution in [0.15, 0.2) is 84.9 Å². The third-order valence-corrected chi connectivity index (χ3v) is 5.26. The van der Waals surface area contributed by atoms with Crippen LogP contribution in [0.25, 0.3) is 0 Å². The average molecular weight is 386 g/mol. The molecule has 1 N–H and O–H groups in total. The number of ether oxygens (including phenoxy) is 1. The average Bonchev–Trinajstić information content (AvgIpc) is 2.99. The van der Waals surface area contributed by atoms with Gasteiger partial charge < -0.3 is 10.1 Å². The normalized spacial score (nSPS) is 14.0. The Labute approximate surface area is 172 Å². The van der Waals surface area contributed by atoms with Gasteiger partial charge in [-0.15, -0.1) is 0 Å². The van der Waals surface area contributed by atoms with E-state index >= 15 is 0 Å². The molecule has 0 aliphatic carbocycles. The molecule has 4 rings (SSSR count). The van der Waals surface area contributed by atoms with Crippen molar-refractivity contribution in [2.45, 2.75) is 19.0 Å². The molecule has 4 heteroatoms. The highest BCUT2D eigenvalue weighted by atomic mass is 16.5. The second-order valence-electron chi connectivity index (χ2n) is 7.30. The van der Waals surface area contributed by atoms with Crippen molar-refractivity contribution in [1.29, 1.82) is 0 Å². The van der Waals surface area contributed by atoms with E-state index in [0.29, 0.717) is 19.6 Å². The summed E-state index contributed by atoms with van der Waals surface area (Å²) in [5.74, 6) is 1.01. The van der Waals surface area contributed by atoms with Crippen LogP contribution in [0.2, 0.25) is 0 Å². The van der Waals surface area contributed by atoms with E-state index in [1.807, 2.05) is 54.6 Å². The van der Waals surface area contributed by atoms with Crippen LogP contribution in [-0.4, -0.2) is 30.5 Å². The number of nitrogens with one attached hydrogen (secondary N) is 1. The molecule has 29 heavy (non-hydrogen) atoms. The first-order valence-electron chi connectivity index (χ1n) is 10.1. The van der Waals surface area contributed by atoms with Crippen molar-refractivity contribution in [2.24, 2.45) is 0 Å². The predicted octanol–water partition coefficient (Wildman–Crippen LogP) is 4.18. The minimum atomic E-state index is -0.141. The van der Waals surface area contributed by atoms with Crippen molar-refractivity contribution < 1.29 is 9.53 Å². The van der Waals surface area contributed by atoms with Crippen LogP contribution in [0, 0.1) is 0 Å². The molecule has 3 aromatic rings. The van der Waals surface area contributed by atoms with Crippen molar-refractivity contribution in [3.63, 3.8) is 0 Å². The number of hydrogen-bond acceptors (Lipinski definition) is 3. The Hall–Kier alpha value is -3.11. The molecule has 0 saturated carbocycles. The minimum Gasteiger partial charge on any atom is -0.492 e. The first-order chi connectivity index (χ1) is 14.3. The molecule has 148 valence electrons. The van der Waals surface area contributed by atoms with Gasteiger partial charge in [0.1, 0.15) is 12.4 Å². The number of carbonyl (C=O) groups excluding carboxylic acids is 1. The van der Waals surface area contributed by atoms with Gasteiger partial charge in [0.15, 0.2) is 0 Å². The van der Waals surface area contributed by atoms with Gasteiger partial charge in [-0.05, 0) is 17.2 Å². The van der Waals surface area contributed by atoms with Crippen LogP contribution in [-0.2, 0) is 11.3 Å². The summed E-state index contributed by atoms with van der Waals surface area (Å²) in [6, 6.07) is 28.2. The summed E-state index contributed by atoms with van der Waals surface area (Å²) in [5, 5.41) is 3.23. The highest BCUT2D eigenvalue weighted by molar-refractivity contribution is 5.77. The Morgan fingerprint density at radius 3 is 2.21 bits per heavy atom. The molecule has 3 aromatic carbocycles. The number of hydrogen-bond donors (Lipinski definition) is 1. The lowest BCUT2D eigenvalue weighted by Crippen LogP contribution is -2.34. The van der Waals surface area contributed by atoms with E-state index in [1.54, 1.807) is 0 Å². The summed E-state index contributed by atoms with van der Waals surface area (Å²) in [6.45, 7) is 2.99. The van der Waals surface area contributed by atoms with Crippen LogP contribution in [0.3, 0.4) is 0 Å². The highest BCUT2D eigenvalue weighted by Crippen LogP contribution is 2.23. The first-order valence-corrected chi connectivity index (χ1v) is 10.1. The fourth-order valence-corrected chi connectivity index (χ4v) is 3.71. The monoisotopic (exact) mass is 386 g/mol. The zero-order valence-corrected chi connectivity index (χ0v) is 16.5. The van der Waals surface area contributed by atoms with Gasteiger partial charge in [0, 0.05) is 31.6 Å². The minimum absolute atomic E-state index is 0.0566. The summed E-state index contributed by atoms with van der Waals surface area (Å²) >= 11 is 0. The molecule has 1 aliphatic heterocycles. The molecule has 0 radical (unpaired) electrons. The van der Waals surface area contributed by atoms with Crippen LogP contribution in [0.4, 0.5) is 0 Å². The Kier molecular flexibility index (Phi) is 6.22. The highest BCUT2D eigenvalue weighted by Gasteiger charge is 2.19. The van der Waals surface area contributed by atoms with Gasteiger partial charge in [-0.2, -0.15) is 0 Å². The number of fused-ring (bicyclic) bond motifs is 1. The quantitative estimate of drug-likeness (QED) is 0.691. The molecule has 0 saturated heterocycles. The van der Waals surface area contributed by atoms with Gasteiger partial charge in [-0.3, -0.25) is 9.69 Å². The van der Waals surface area contributed by atoms with Crippen molar-refractivity contribution in [1.82, 2.24) is 10.2 Å². The Balaban J connectivity index is 1.40. The molecule has 1 heterocycles. The molecule has 1 aliphatic rings. The number of benzene rings is 3. The van der Waals surface area contributed by atoms with E-state index < -0.39 is 0 Å². The third kappa shape index (κ3) is 5.04. The van der Waals surface area contributed by atoms with Crippen molar-refractivity contribution in [2.75, 3.05) is 19.7 Å².